The van der Waals surface area contributed by atoms with Gasteiger partial charge in [0, 0.05) is 25.2 Å². The first kappa shape index (κ1) is 19.9. The zero-order valence-corrected chi connectivity index (χ0v) is 16.0. The summed E-state index contributed by atoms with van der Waals surface area (Å²) in [6, 6.07) is 7.81. The van der Waals surface area contributed by atoms with Crippen molar-refractivity contribution >= 4 is 23.5 Å². The lowest BCUT2D eigenvalue weighted by atomic mass is 9.96. The standard InChI is InChI=1S/C20H28N2O4/c1-5-13(3)16-9-7-8-10-17(16)22-12-15(11-18(22)23)20(25)26-14(4)19(24)21-6-2/h7-10,13-15H,5-6,11-12H2,1-4H3,(H,21,24)/t13-,14+,15-/m1/s1. The quantitative estimate of drug-likeness (QED) is 0.759. The molecule has 2 rings (SSSR count). The monoisotopic (exact) mass is 360 g/mol. The van der Waals surface area contributed by atoms with E-state index in [0.717, 1.165) is 17.7 Å². The van der Waals surface area contributed by atoms with E-state index >= 15 is 0 Å². The molecule has 0 bridgehead atoms. The zero-order chi connectivity index (χ0) is 19.3. The number of ether oxygens (including phenoxy) is 1. The van der Waals surface area contributed by atoms with Crippen LogP contribution in [-0.2, 0) is 19.1 Å². The SMILES string of the molecule is CCNC(=O)[C@H](C)OC(=O)[C@@H]1CC(=O)N(c2ccccc2[C@H](C)CC)C1. The van der Waals surface area contributed by atoms with Crippen molar-refractivity contribution < 1.29 is 19.1 Å². The molecule has 142 valence electrons. The maximum absolute atomic E-state index is 12.5. The minimum Gasteiger partial charge on any atom is -0.452 e. The Morgan fingerprint density at radius 3 is 2.62 bits per heavy atom. The van der Waals surface area contributed by atoms with E-state index in [1.807, 2.05) is 24.3 Å². The maximum Gasteiger partial charge on any atom is 0.312 e. The molecule has 6 heteroatoms. The second-order valence-electron chi connectivity index (χ2n) is 6.75. The molecule has 2 amide bonds. The van der Waals surface area contributed by atoms with Crippen molar-refractivity contribution in [3.8, 4) is 0 Å². The Kier molecular flexibility index (Phi) is 6.77. The number of nitrogens with zero attached hydrogens (tertiary/aromatic N) is 1. The lowest BCUT2D eigenvalue weighted by Crippen LogP contribution is -2.37. The van der Waals surface area contributed by atoms with Crippen LogP contribution in [0.15, 0.2) is 24.3 Å². The van der Waals surface area contributed by atoms with Gasteiger partial charge >= 0.3 is 5.97 Å². The van der Waals surface area contributed by atoms with E-state index in [2.05, 4.69) is 19.2 Å². The van der Waals surface area contributed by atoms with Gasteiger partial charge in [0.1, 0.15) is 0 Å². The summed E-state index contributed by atoms with van der Waals surface area (Å²) in [6.07, 6.45) is 0.212. The smallest absolute Gasteiger partial charge is 0.312 e. The van der Waals surface area contributed by atoms with Crippen LogP contribution in [0.25, 0.3) is 0 Å². The number of carbonyl (C=O) groups is 3. The molecule has 1 aromatic rings. The van der Waals surface area contributed by atoms with Crippen molar-refractivity contribution in [1.29, 1.82) is 0 Å². The van der Waals surface area contributed by atoms with Gasteiger partial charge in [0.15, 0.2) is 6.10 Å². The third-order valence-electron chi connectivity index (χ3n) is 4.84. The predicted octanol–water partition coefficient (Wildman–Crippen LogP) is 2.62. The van der Waals surface area contributed by atoms with Crippen molar-refractivity contribution in [3.63, 3.8) is 0 Å². The lowest BCUT2D eigenvalue weighted by Gasteiger charge is -2.23. The molecule has 1 fully saturated rings. The molecule has 1 heterocycles. The van der Waals surface area contributed by atoms with E-state index in [9.17, 15) is 14.4 Å². The van der Waals surface area contributed by atoms with Crippen molar-refractivity contribution in [3.05, 3.63) is 29.8 Å². The first-order chi connectivity index (χ1) is 12.4. The van der Waals surface area contributed by atoms with E-state index in [-0.39, 0.29) is 24.8 Å². The Bertz CT molecular complexity index is 674. The van der Waals surface area contributed by atoms with E-state index in [0.29, 0.717) is 12.5 Å². The van der Waals surface area contributed by atoms with Gasteiger partial charge in [-0.25, -0.2) is 0 Å². The second-order valence-corrected chi connectivity index (χ2v) is 6.75. The number of nitrogens with one attached hydrogen (secondary N) is 1. The summed E-state index contributed by atoms with van der Waals surface area (Å²) >= 11 is 0. The van der Waals surface area contributed by atoms with Gasteiger partial charge in [0.25, 0.3) is 5.91 Å². The number of carbonyl (C=O) groups excluding carboxylic acids is 3. The van der Waals surface area contributed by atoms with Crippen molar-refractivity contribution in [2.24, 2.45) is 5.92 Å². The molecule has 0 saturated carbocycles. The van der Waals surface area contributed by atoms with Crippen LogP contribution >= 0.6 is 0 Å². The van der Waals surface area contributed by atoms with Gasteiger partial charge in [0.2, 0.25) is 5.91 Å². The van der Waals surface area contributed by atoms with Gasteiger partial charge in [0.05, 0.1) is 5.92 Å². The predicted molar refractivity (Wildman–Crippen MR) is 99.8 cm³/mol. The molecule has 0 radical (unpaired) electrons. The molecular weight excluding hydrogens is 332 g/mol. The van der Waals surface area contributed by atoms with Crippen LogP contribution < -0.4 is 10.2 Å². The summed E-state index contributed by atoms with van der Waals surface area (Å²) in [7, 11) is 0. The molecule has 1 aliphatic rings. The summed E-state index contributed by atoms with van der Waals surface area (Å²) in [4.78, 5) is 38.3. The highest BCUT2D eigenvalue weighted by atomic mass is 16.5. The highest BCUT2D eigenvalue weighted by Gasteiger charge is 2.38. The van der Waals surface area contributed by atoms with E-state index in [1.54, 1.807) is 11.8 Å². The molecule has 1 aromatic carbocycles. The summed E-state index contributed by atoms with van der Waals surface area (Å²) in [5.74, 6) is -1.15. The number of hydrogen-bond acceptors (Lipinski definition) is 4. The Hall–Kier alpha value is -2.37. The Morgan fingerprint density at radius 2 is 1.96 bits per heavy atom. The normalized spacial score (nSPS) is 19.2. The molecule has 6 nitrogen and oxygen atoms in total. The molecule has 0 unspecified atom stereocenters. The first-order valence-electron chi connectivity index (χ1n) is 9.26. The number of likely N-dealkylation sites (N-methyl/N-ethyl adjacent to an activating group) is 1. The number of amides is 2. The highest BCUT2D eigenvalue weighted by Crippen LogP contribution is 2.33. The molecule has 0 aliphatic carbocycles. The third-order valence-corrected chi connectivity index (χ3v) is 4.84. The van der Waals surface area contributed by atoms with Crippen molar-refractivity contribution in [1.82, 2.24) is 5.32 Å². The van der Waals surface area contributed by atoms with Crippen molar-refractivity contribution in [2.75, 3.05) is 18.0 Å². The van der Waals surface area contributed by atoms with Crippen LogP contribution in [-0.4, -0.2) is 37.0 Å². The fourth-order valence-corrected chi connectivity index (χ4v) is 3.11. The Labute approximate surface area is 154 Å². The Balaban J connectivity index is 2.09. The summed E-state index contributed by atoms with van der Waals surface area (Å²) in [5.41, 5.74) is 1.96. The van der Waals surface area contributed by atoms with Crippen molar-refractivity contribution in [2.45, 2.75) is 52.6 Å². The summed E-state index contributed by atoms with van der Waals surface area (Å²) in [5, 5.41) is 2.62. The number of rotatable bonds is 7. The maximum atomic E-state index is 12.5. The number of para-hydroxylation sites is 1. The molecule has 1 N–H and O–H groups in total. The fourth-order valence-electron chi connectivity index (χ4n) is 3.11. The van der Waals surface area contributed by atoms with Crippen LogP contribution in [0.4, 0.5) is 5.69 Å². The molecular formula is C20H28N2O4. The molecule has 26 heavy (non-hydrogen) atoms. The highest BCUT2D eigenvalue weighted by molar-refractivity contribution is 6.00. The summed E-state index contributed by atoms with van der Waals surface area (Å²) in [6.45, 7) is 8.33. The van der Waals surface area contributed by atoms with Gasteiger partial charge in [-0.3, -0.25) is 14.4 Å². The van der Waals surface area contributed by atoms with Gasteiger partial charge < -0.3 is 15.0 Å². The van der Waals surface area contributed by atoms with Crippen LogP contribution in [0.3, 0.4) is 0 Å². The average Bonchev–Trinajstić information content (AvgIpc) is 3.03. The topological polar surface area (TPSA) is 75.7 Å². The van der Waals surface area contributed by atoms with E-state index in [4.69, 9.17) is 4.74 Å². The Morgan fingerprint density at radius 1 is 1.27 bits per heavy atom. The van der Waals surface area contributed by atoms with Crippen LogP contribution in [0.2, 0.25) is 0 Å². The largest absolute Gasteiger partial charge is 0.452 e. The zero-order valence-electron chi connectivity index (χ0n) is 16.0. The molecule has 0 spiro atoms. The van der Waals surface area contributed by atoms with E-state index in [1.165, 1.54) is 6.92 Å². The van der Waals surface area contributed by atoms with Crippen LogP contribution in [0, 0.1) is 5.92 Å². The summed E-state index contributed by atoms with van der Waals surface area (Å²) < 4.78 is 5.25. The number of hydrogen-bond donors (Lipinski definition) is 1. The molecule has 1 aliphatic heterocycles. The van der Waals surface area contributed by atoms with Gasteiger partial charge in [-0.1, -0.05) is 32.0 Å². The minimum absolute atomic E-state index is 0.0895. The average molecular weight is 360 g/mol. The van der Waals surface area contributed by atoms with Gasteiger partial charge in [-0.15, -0.1) is 0 Å². The number of esters is 1. The van der Waals surface area contributed by atoms with E-state index < -0.39 is 18.0 Å². The minimum atomic E-state index is -0.862. The first-order valence-corrected chi connectivity index (χ1v) is 9.26. The molecule has 1 saturated heterocycles. The fraction of sp³-hybridized carbons (Fsp3) is 0.550. The van der Waals surface area contributed by atoms with Crippen LogP contribution in [0.1, 0.15) is 52.0 Å². The third kappa shape index (κ3) is 4.42. The lowest BCUT2D eigenvalue weighted by molar-refractivity contribution is -0.158. The van der Waals surface area contributed by atoms with Crippen LogP contribution in [0.5, 0.6) is 0 Å². The second kappa shape index (κ2) is 8.83. The van der Waals surface area contributed by atoms with Gasteiger partial charge in [-0.05, 0) is 37.8 Å². The number of benzene rings is 1. The number of anilines is 1. The molecule has 3 atom stereocenters. The molecule has 0 aromatic heterocycles. The van der Waals surface area contributed by atoms with Gasteiger partial charge in [-0.2, -0.15) is 0 Å².